The summed E-state index contributed by atoms with van der Waals surface area (Å²) in [6, 6.07) is 17.2. The molecule has 0 spiro atoms. The maximum Gasteiger partial charge on any atom is 0.322 e. The van der Waals surface area contributed by atoms with Crippen molar-refractivity contribution in [3.63, 3.8) is 0 Å². The first-order valence-electron chi connectivity index (χ1n) is 11.0. The number of urea groups is 1. The van der Waals surface area contributed by atoms with Crippen LogP contribution in [0.4, 0.5) is 14.9 Å². The molecule has 0 saturated carbocycles. The van der Waals surface area contributed by atoms with Crippen molar-refractivity contribution in [3.05, 3.63) is 87.4 Å². The molecule has 3 amide bonds. The number of carbonyl (C=O) groups excluding carboxylic acids is 2. The van der Waals surface area contributed by atoms with Gasteiger partial charge >= 0.3 is 6.03 Å². The molecule has 34 heavy (non-hydrogen) atoms. The third-order valence-electron chi connectivity index (χ3n) is 5.35. The lowest BCUT2D eigenvalue weighted by Gasteiger charge is -2.28. The minimum absolute atomic E-state index is 0.105. The predicted octanol–water partition coefficient (Wildman–Crippen LogP) is 5.21. The quantitative estimate of drug-likeness (QED) is 0.430. The van der Waals surface area contributed by atoms with Crippen LogP contribution in [0.2, 0.25) is 0 Å². The zero-order chi connectivity index (χ0) is 24.5. The number of nitrogens with zero attached hydrogens (tertiary/aromatic N) is 2. The van der Waals surface area contributed by atoms with Crippen LogP contribution in [0.5, 0.6) is 0 Å². The Balaban J connectivity index is 1.77. The number of aryl methyl sites for hydroxylation is 2. The number of carbonyl (C=O) groups is 2. The maximum absolute atomic E-state index is 13.4. The molecule has 6 nitrogen and oxygen atoms in total. The van der Waals surface area contributed by atoms with Gasteiger partial charge in [-0.3, -0.25) is 4.79 Å². The molecule has 2 aromatic carbocycles. The molecular weight excluding hydrogens is 453 g/mol. The van der Waals surface area contributed by atoms with Gasteiger partial charge in [0.15, 0.2) is 0 Å². The summed E-state index contributed by atoms with van der Waals surface area (Å²) in [6.45, 7) is 5.11. The van der Waals surface area contributed by atoms with Crippen LogP contribution < -0.4 is 5.32 Å². The van der Waals surface area contributed by atoms with Crippen LogP contribution in [-0.2, 0) is 22.6 Å². The van der Waals surface area contributed by atoms with Gasteiger partial charge in [-0.25, -0.2) is 9.18 Å². The average Bonchev–Trinajstić information content (AvgIpc) is 3.23. The summed E-state index contributed by atoms with van der Waals surface area (Å²) in [7, 11) is 1.55. The Morgan fingerprint density at radius 1 is 0.971 bits per heavy atom. The molecular formula is C26H30FN3O3S. The molecule has 0 aliphatic heterocycles. The fourth-order valence-corrected chi connectivity index (χ4v) is 4.33. The zero-order valence-corrected chi connectivity index (χ0v) is 20.5. The smallest absolute Gasteiger partial charge is 0.322 e. The van der Waals surface area contributed by atoms with Gasteiger partial charge in [-0.1, -0.05) is 30.3 Å². The molecule has 8 heteroatoms. The van der Waals surface area contributed by atoms with E-state index in [-0.39, 0.29) is 30.8 Å². The molecule has 0 saturated heterocycles. The van der Waals surface area contributed by atoms with Gasteiger partial charge in [0.05, 0.1) is 13.2 Å². The minimum atomic E-state index is -0.367. The van der Waals surface area contributed by atoms with Gasteiger partial charge in [0.25, 0.3) is 0 Å². The first-order valence-corrected chi connectivity index (χ1v) is 11.9. The van der Waals surface area contributed by atoms with Crippen molar-refractivity contribution in [1.29, 1.82) is 0 Å². The number of nitrogens with one attached hydrogen (secondary N) is 1. The largest absolute Gasteiger partial charge is 0.383 e. The number of para-hydroxylation sites is 1. The van der Waals surface area contributed by atoms with Crippen molar-refractivity contribution < 1.29 is 18.7 Å². The highest BCUT2D eigenvalue weighted by atomic mass is 32.1. The Hall–Kier alpha value is -3.23. The minimum Gasteiger partial charge on any atom is -0.383 e. The molecule has 3 aromatic rings. The molecule has 0 fully saturated rings. The van der Waals surface area contributed by atoms with Crippen molar-refractivity contribution in [2.24, 2.45) is 0 Å². The number of methoxy groups -OCH3 is 1. The van der Waals surface area contributed by atoms with Crippen LogP contribution in [0.25, 0.3) is 0 Å². The topological polar surface area (TPSA) is 61.9 Å². The molecule has 0 bridgehead atoms. The number of halogens is 1. The second-order valence-corrected chi connectivity index (χ2v) is 9.42. The highest BCUT2D eigenvalue weighted by Crippen LogP contribution is 2.19. The maximum atomic E-state index is 13.4. The molecule has 0 radical (unpaired) electrons. The van der Waals surface area contributed by atoms with Crippen LogP contribution in [0.3, 0.4) is 0 Å². The van der Waals surface area contributed by atoms with Crippen LogP contribution in [0, 0.1) is 19.7 Å². The summed E-state index contributed by atoms with van der Waals surface area (Å²) in [6.07, 6.45) is 0. The van der Waals surface area contributed by atoms with E-state index in [0.717, 1.165) is 20.9 Å². The van der Waals surface area contributed by atoms with Gasteiger partial charge in [0.2, 0.25) is 5.91 Å². The Morgan fingerprint density at radius 2 is 1.71 bits per heavy atom. The zero-order valence-electron chi connectivity index (χ0n) is 19.7. The predicted molar refractivity (Wildman–Crippen MR) is 133 cm³/mol. The van der Waals surface area contributed by atoms with E-state index in [9.17, 15) is 14.0 Å². The van der Waals surface area contributed by atoms with Gasteiger partial charge in [-0.2, -0.15) is 0 Å². The van der Waals surface area contributed by atoms with E-state index in [1.54, 1.807) is 35.5 Å². The lowest BCUT2D eigenvalue weighted by molar-refractivity contribution is -0.133. The first-order chi connectivity index (χ1) is 16.4. The van der Waals surface area contributed by atoms with Crippen LogP contribution in [0.15, 0.2) is 60.7 Å². The van der Waals surface area contributed by atoms with E-state index in [1.807, 2.05) is 50.2 Å². The Morgan fingerprint density at radius 3 is 2.35 bits per heavy atom. The van der Waals surface area contributed by atoms with Crippen molar-refractivity contribution in [3.8, 4) is 0 Å². The number of hydrogen-bond acceptors (Lipinski definition) is 4. The van der Waals surface area contributed by atoms with Crippen molar-refractivity contribution >= 4 is 29.0 Å². The van der Waals surface area contributed by atoms with Crippen LogP contribution >= 0.6 is 11.3 Å². The lowest BCUT2D eigenvalue weighted by atomic mass is 10.2. The number of thiophene rings is 1. The second-order valence-electron chi connectivity index (χ2n) is 8.05. The summed E-state index contributed by atoms with van der Waals surface area (Å²) in [5.74, 6) is -0.527. The number of hydrogen-bond donors (Lipinski definition) is 1. The summed E-state index contributed by atoms with van der Waals surface area (Å²) in [4.78, 5) is 31.8. The number of rotatable bonds is 10. The summed E-state index contributed by atoms with van der Waals surface area (Å²) in [5.41, 5.74) is 2.44. The molecule has 180 valence electrons. The van der Waals surface area contributed by atoms with Crippen molar-refractivity contribution in [2.45, 2.75) is 26.9 Å². The van der Waals surface area contributed by atoms with E-state index in [4.69, 9.17) is 4.74 Å². The van der Waals surface area contributed by atoms with Crippen molar-refractivity contribution in [2.75, 3.05) is 32.1 Å². The molecule has 3 rings (SSSR count). The van der Waals surface area contributed by atoms with Gasteiger partial charge < -0.3 is 19.9 Å². The highest BCUT2D eigenvalue weighted by molar-refractivity contribution is 7.11. The molecule has 0 aliphatic carbocycles. The van der Waals surface area contributed by atoms with Crippen LogP contribution in [-0.4, -0.2) is 48.5 Å². The van der Waals surface area contributed by atoms with Gasteiger partial charge in [-0.05, 0) is 55.3 Å². The van der Waals surface area contributed by atoms with Crippen molar-refractivity contribution in [1.82, 2.24) is 9.80 Å². The summed E-state index contributed by atoms with van der Waals surface area (Å²) < 4.78 is 18.5. The molecule has 0 unspecified atom stereocenters. The summed E-state index contributed by atoms with van der Waals surface area (Å²) in [5, 5.41) is 2.89. The van der Waals surface area contributed by atoms with E-state index in [2.05, 4.69) is 5.32 Å². The third kappa shape index (κ3) is 7.40. The normalized spacial score (nSPS) is 10.7. The molecule has 1 N–H and O–H groups in total. The summed E-state index contributed by atoms with van der Waals surface area (Å²) >= 11 is 1.62. The fraction of sp³-hybridized carbons (Fsp3) is 0.308. The van der Waals surface area contributed by atoms with E-state index in [0.29, 0.717) is 25.4 Å². The number of ether oxygens (including phenoxy) is 1. The van der Waals surface area contributed by atoms with E-state index < -0.39 is 0 Å². The lowest BCUT2D eigenvalue weighted by Crippen LogP contribution is -2.45. The number of amides is 3. The number of benzene rings is 2. The Labute approximate surface area is 204 Å². The Kier molecular flexibility index (Phi) is 9.18. The second kappa shape index (κ2) is 12.3. The third-order valence-corrected chi connectivity index (χ3v) is 6.33. The highest BCUT2D eigenvalue weighted by Gasteiger charge is 2.22. The first kappa shape index (κ1) is 25.4. The monoisotopic (exact) mass is 483 g/mol. The van der Waals surface area contributed by atoms with Gasteiger partial charge in [0, 0.05) is 35.6 Å². The Bertz CT molecular complexity index is 1100. The van der Waals surface area contributed by atoms with Gasteiger partial charge in [-0.15, -0.1) is 11.3 Å². The SMILES string of the molecule is COCCN(CC(=O)N(Cc1ccc(F)cc1)Cc1ccc(C)s1)C(=O)Nc1ccccc1C. The molecule has 1 heterocycles. The average molecular weight is 484 g/mol. The number of anilines is 1. The fourth-order valence-electron chi connectivity index (χ4n) is 3.43. The van der Waals surface area contributed by atoms with Gasteiger partial charge in [0.1, 0.15) is 12.4 Å². The molecule has 1 aromatic heterocycles. The molecule has 0 aliphatic rings. The standard InChI is InChI=1S/C26H30FN3O3S/c1-19-6-4-5-7-24(19)28-26(32)29(14-15-33-3)18-25(31)30(17-23-13-8-20(2)34-23)16-21-9-11-22(27)12-10-21/h4-13H,14-18H2,1-3H3,(H,28,32). The molecule has 0 atom stereocenters. The van der Waals surface area contributed by atoms with E-state index in [1.165, 1.54) is 17.0 Å². The van der Waals surface area contributed by atoms with Crippen LogP contribution in [0.1, 0.15) is 20.9 Å². The van der Waals surface area contributed by atoms with E-state index >= 15 is 0 Å².